The minimum Gasteiger partial charge on any atom is -0.382 e. The lowest BCUT2D eigenvalue weighted by Gasteiger charge is -2.27. The Bertz CT molecular complexity index is 912. The third-order valence-electron chi connectivity index (χ3n) is 5.62. The van der Waals surface area contributed by atoms with Gasteiger partial charge in [-0.1, -0.05) is 18.6 Å². The van der Waals surface area contributed by atoms with E-state index in [1.165, 1.54) is 6.07 Å². The minimum absolute atomic E-state index is 0.0154. The van der Waals surface area contributed by atoms with Crippen LogP contribution >= 0.6 is 0 Å². The number of nitrogens with zero attached hydrogens (tertiary/aromatic N) is 1. The molecular weight excluding hydrogens is 416 g/mol. The average molecular weight is 444 g/mol. The highest BCUT2D eigenvalue weighted by Crippen LogP contribution is 2.30. The smallest absolute Gasteiger partial charge is 0.262 e. The van der Waals surface area contributed by atoms with Crippen molar-refractivity contribution in [1.29, 1.82) is 0 Å². The van der Waals surface area contributed by atoms with E-state index in [0.29, 0.717) is 31.8 Å². The first-order valence-corrected chi connectivity index (χ1v) is 10.9. The van der Waals surface area contributed by atoms with Crippen LogP contribution in [0.2, 0.25) is 0 Å². The number of carbonyl (C=O) groups excluding carboxylic acids is 5. The number of fused-ring (bicyclic) bond motifs is 1. The molecule has 2 aliphatic rings. The van der Waals surface area contributed by atoms with Gasteiger partial charge >= 0.3 is 0 Å². The molecule has 1 atom stereocenters. The Hall–Kier alpha value is -2.91. The fourth-order valence-electron chi connectivity index (χ4n) is 3.98. The molecule has 2 aliphatic heterocycles. The number of piperidine rings is 1. The van der Waals surface area contributed by atoms with Crippen molar-refractivity contribution in [3.05, 3.63) is 34.9 Å². The van der Waals surface area contributed by atoms with Crippen LogP contribution in [0.25, 0.3) is 0 Å². The number of carbonyl (C=O) groups is 5. The summed E-state index contributed by atoms with van der Waals surface area (Å²) in [6.07, 6.45) is 3.01. The number of hydrogen-bond acceptors (Lipinski definition) is 7. The highest BCUT2D eigenvalue weighted by Gasteiger charge is 2.45. The second kappa shape index (κ2) is 11.1. The molecule has 1 unspecified atom stereocenters. The Balaban J connectivity index is 1.57. The van der Waals surface area contributed by atoms with E-state index in [9.17, 15) is 24.0 Å². The first kappa shape index (κ1) is 23.7. The highest BCUT2D eigenvalue weighted by atomic mass is 16.5. The van der Waals surface area contributed by atoms with Crippen molar-refractivity contribution >= 4 is 29.4 Å². The molecule has 1 saturated heterocycles. The average Bonchev–Trinajstić information content (AvgIpc) is 3.01. The van der Waals surface area contributed by atoms with E-state index < -0.39 is 29.7 Å². The Labute approximate surface area is 186 Å². The summed E-state index contributed by atoms with van der Waals surface area (Å²) in [4.78, 5) is 62.9. The molecule has 0 aromatic heterocycles. The predicted molar refractivity (Wildman–Crippen MR) is 113 cm³/mol. The molecule has 1 N–H and O–H groups in total. The first-order chi connectivity index (χ1) is 15.4. The maximum atomic E-state index is 13.0. The molecule has 3 rings (SSSR count). The van der Waals surface area contributed by atoms with Gasteiger partial charge < -0.3 is 9.47 Å². The summed E-state index contributed by atoms with van der Waals surface area (Å²) < 4.78 is 10.3. The Morgan fingerprint density at radius 2 is 1.88 bits per heavy atom. The summed E-state index contributed by atoms with van der Waals surface area (Å²) in [7, 11) is 1.62. The van der Waals surface area contributed by atoms with Gasteiger partial charge in [0.1, 0.15) is 11.8 Å². The van der Waals surface area contributed by atoms with Gasteiger partial charge in [0.05, 0.1) is 24.3 Å². The van der Waals surface area contributed by atoms with Crippen LogP contribution in [0.15, 0.2) is 18.2 Å². The fraction of sp³-hybridized carbons (Fsp3) is 0.522. The zero-order valence-electron chi connectivity index (χ0n) is 18.2. The Morgan fingerprint density at radius 1 is 1.06 bits per heavy atom. The van der Waals surface area contributed by atoms with Crippen molar-refractivity contribution in [2.45, 2.75) is 51.0 Å². The number of ether oxygens (including phenoxy) is 2. The van der Waals surface area contributed by atoms with Gasteiger partial charge in [-0.05, 0) is 30.9 Å². The maximum Gasteiger partial charge on any atom is 0.262 e. The summed E-state index contributed by atoms with van der Waals surface area (Å²) in [5.74, 6) is -2.24. The summed E-state index contributed by atoms with van der Waals surface area (Å²) in [5.41, 5.74) is 0.865. The van der Waals surface area contributed by atoms with Crippen LogP contribution in [0, 0.1) is 0 Å². The van der Waals surface area contributed by atoms with Gasteiger partial charge in [0, 0.05) is 33.0 Å². The van der Waals surface area contributed by atoms with E-state index in [1.807, 2.05) is 0 Å². The molecule has 0 bridgehead atoms. The largest absolute Gasteiger partial charge is 0.382 e. The standard InChI is InChI=1S/C23H28N2O7/c1-31-12-13-32-11-4-2-3-7-16(26)14-15-6-5-8-17-20(15)23(30)25(22(17)29)18-9-10-19(27)24-21(18)28/h5-6,8,18H,2-4,7,9-14H2,1H3,(H,24,27,28). The van der Waals surface area contributed by atoms with Gasteiger partial charge in [-0.3, -0.25) is 34.2 Å². The van der Waals surface area contributed by atoms with Crippen molar-refractivity contribution in [3.8, 4) is 0 Å². The Kier molecular flexibility index (Phi) is 8.24. The van der Waals surface area contributed by atoms with Gasteiger partial charge in [0.15, 0.2) is 0 Å². The number of imide groups is 2. The summed E-state index contributed by atoms with van der Waals surface area (Å²) in [6.45, 7) is 1.73. The van der Waals surface area contributed by atoms with Crippen molar-refractivity contribution in [1.82, 2.24) is 10.2 Å². The van der Waals surface area contributed by atoms with Crippen LogP contribution in [-0.4, -0.2) is 67.3 Å². The van der Waals surface area contributed by atoms with Gasteiger partial charge in [-0.25, -0.2) is 0 Å². The maximum absolute atomic E-state index is 13.0. The lowest BCUT2D eigenvalue weighted by molar-refractivity contribution is -0.136. The topological polar surface area (TPSA) is 119 Å². The number of Topliss-reactive ketones (excluding diaryl/α,β-unsaturated/α-hetero) is 1. The molecule has 1 aromatic rings. The molecule has 9 heteroatoms. The van der Waals surface area contributed by atoms with Crippen molar-refractivity contribution in [2.24, 2.45) is 0 Å². The molecule has 9 nitrogen and oxygen atoms in total. The summed E-state index contributed by atoms with van der Waals surface area (Å²) >= 11 is 0. The van der Waals surface area contributed by atoms with Crippen LogP contribution in [0.3, 0.4) is 0 Å². The summed E-state index contributed by atoms with van der Waals surface area (Å²) in [5, 5.41) is 2.18. The second-order valence-corrected chi connectivity index (χ2v) is 7.92. The van der Waals surface area contributed by atoms with E-state index in [-0.39, 0.29) is 36.2 Å². The quantitative estimate of drug-likeness (QED) is 0.382. The minimum atomic E-state index is -1.02. The van der Waals surface area contributed by atoms with Gasteiger partial charge in [-0.15, -0.1) is 0 Å². The third-order valence-corrected chi connectivity index (χ3v) is 5.62. The first-order valence-electron chi connectivity index (χ1n) is 10.9. The lowest BCUT2D eigenvalue weighted by atomic mass is 9.97. The number of benzene rings is 1. The monoisotopic (exact) mass is 444 g/mol. The summed E-state index contributed by atoms with van der Waals surface area (Å²) in [6, 6.07) is 3.81. The molecule has 1 aromatic carbocycles. The fourth-order valence-corrected chi connectivity index (χ4v) is 3.98. The molecule has 172 valence electrons. The number of unbranched alkanes of at least 4 members (excludes halogenated alkanes) is 2. The van der Waals surface area contributed by atoms with Crippen LogP contribution in [0.4, 0.5) is 0 Å². The van der Waals surface area contributed by atoms with E-state index in [2.05, 4.69) is 5.32 Å². The molecule has 0 radical (unpaired) electrons. The molecule has 1 fully saturated rings. The van der Waals surface area contributed by atoms with Crippen molar-refractivity contribution < 1.29 is 33.4 Å². The molecule has 4 amide bonds. The second-order valence-electron chi connectivity index (χ2n) is 7.92. The number of rotatable bonds is 12. The van der Waals surface area contributed by atoms with Gasteiger partial charge in [0.25, 0.3) is 11.8 Å². The van der Waals surface area contributed by atoms with Crippen LogP contribution < -0.4 is 5.32 Å². The molecule has 2 heterocycles. The van der Waals surface area contributed by atoms with E-state index in [4.69, 9.17) is 9.47 Å². The molecule has 0 spiro atoms. The molecular formula is C23H28N2O7. The zero-order chi connectivity index (χ0) is 23.1. The SMILES string of the molecule is COCCOCCCCCC(=O)Cc1cccc2c1C(=O)N(C1CCC(=O)NC1=O)C2=O. The number of ketones is 1. The highest BCUT2D eigenvalue weighted by molar-refractivity contribution is 6.24. The molecule has 32 heavy (non-hydrogen) atoms. The normalized spacial score (nSPS) is 18.2. The Morgan fingerprint density at radius 3 is 2.62 bits per heavy atom. The van der Waals surface area contributed by atoms with Crippen molar-refractivity contribution in [2.75, 3.05) is 26.9 Å². The van der Waals surface area contributed by atoms with Crippen LogP contribution in [0.1, 0.15) is 64.8 Å². The number of methoxy groups -OCH3 is 1. The molecule has 0 saturated carbocycles. The van der Waals surface area contributed by atoms with Gasteiger partial charge in [0.2, 0.25) is 11.8 Å². The van der Waals surface area contributed by atoms with E-state index >= 15 is 0 Å². The van der Waals surface area contributed by atoms with Gasteiger partial charge in [-0.2, -0.15) is 0 Å². The lowest BCUT2D eigenvalue weighted by Crippen LogP contribution is -2.54. The van der Waals surface area contributed by atoms with E-state index in [1.54, 1.807) is 19.2 Å². The third kappa shape index (κ3) is 5.46. The van der Waals surface area contributed by atoms with Crippen LogP contribution in [-0.2, 0) is 30.3 Å². The van der Waals surface area contributed by atoms with Crippen molar-refractivity contribution in [3.63, 3.8) is 0 Å². The van der Waals surface area contributed by atoms with Crippen LogP contribution in [0.5, 0.6) is 0 Å². The zero-order valence-corrected chi connectivity index (χ0v) is 18.2. The number of amides is 4. The predicted octanol–water partition coefficient (Wildman–Crippen LogP) is 1.42. The number of nitrogens with one attached hydrogen (secondary N) is 1. The molecule has 0 aliphatic carbocycles. The number of hydrogen-bond donors (Lipinski definition) is 1. The van der Waals surface area contributed by atoms with E-state index in [0.717, 1.165) is 24.2 Å².